The number of nitrogens with one attached hydrogen (secondary N) is 2. The third kappa shape index (κ3) is 6.73. The monoisotopic (exact) mass is 596 g/mol. The standard InChI is InChI=1S/C27H28N6O6S2/c1-39-22-6-8-23(9-7-22)41(37,38)30-20-4-2-3-19(17-20)26(34)28-11-12-31-13-15-32(16-14-31)27-29-24-10-5-21(33(35)36)18-25(24)40-27/h2-10,17-18,30H,11-16H2,1H3,(H,28,34). The number of fused-ring (bicyclic) bond motifs is 1. The van der Waals surface area contributed by atoms with Gasteiger partial charge in [0.2, 0.25) is 0 Å². The van der Waals surface area contributed by atoms with Gasteiger partial charge in [-0.3, -0.25) is 24.5 Å². The minimum atomic E-state index is -3.83. The number of anilines is 2. The summed E-state index contributed by atoms with van der Waals surface area (Å²) in [4.78, 5) is 32.5. The van der Waals surface area contributed by atoms with E-state index in [-0.39, 0.29) is 22.2 Å². The van der Waals surface area contributed by atoms with Gasteiger partial charge in [0.15, 0.2) is 5.13 Å². The first-order chi connectivity index (χ1) is 19.7. The van der Waals surface area contributed by atoms with Gasteiger partial charge in [-0.2, -0.15) is 0 Å². The van der Waals surface area contributed by atoms with Crippen molar-refractivity contribution < 1.29 is 22.9 Å². The maximum atomic E-state index is 12.8. The number of thiazole rings is 1. The molecular weight excluding hydrogens is 568 g/mol. The molecule has 0 unspecified atom stereocenters. The van der Waals surface area contributed by atoms with E-state index in [1.807, 2.05) is 0 Å². The van der Waals surface area contributed by atoms with Gasteiger partial charge in [0.05, 0.1) is 27.1 Å². The van der Waals surface area contributed by atoms with Crippen molar-refractivity contribution in [3.8, 4) is 5.75 Å². The van der Waals surface area contributed by atoms with E-state index in [2.05, 4.69) is 24.8 Å². The summed E-state index contributed by atoms with van der Waals surface area (Å²) in [6.07, 6.45) is 0. The Balaban J connectivity index is 1.10. The maximum absolute atomic E-state index is 12.8. The van der Waals surface area contributed by atoms with E-state index in [4.69, 9.17) is 4.74 Å². The first-order valence-corrected chi connectivity index (χ1v) is 15.1. The quantitative estimate of drug-likeness (QED) is 0.207. The van der Waals surface area contributed by atoms with Gasteiger partial charge in [-0.1, -0.05) is 17.4 Å². The topological polar surface area (TPSA) is 147 Å². The van der Waals surface area contributed by atoms with Crippen LogP contribution in [0.4, 0.5) is 16.5 Å². The molecule has 214 valence electrons. The number of rotatable bonds is 10. The number of carbonyl (C=O) groups excluding carboxylic acids is 1. The minimum Gasteiger partial charge on any atom is -0.497 e. The van der Waals surface area contributed by atoms with Gasteiger partial charge in [-0.15, -0.1) is 0 Å². The summed E-state index contributed by atoms with van der Waals surface area (Å²) in [6, 6.07) is 17.1. The largest absolute Gasteiger partial charge is 0.497 e. The molecule has 2 N–H and O–H groups in total. The fraction of sp³-hybridized carbons (Fsp3) is 0.259. The van der Waals surface area contributed by atoms with Crippen LogP contribution in [0.2, 0.25) is 0 Å². The zero-order valence-electron chi connectivity index (χ0n) is 22.1. The van der Waals surface area contributed by atoms with E-state index < -0.39 is 14.9 Å². The van der Waals surface area contributed by atoms with E-state index in [9.17, 15) is 23.3 Å². The number of aromatic nitrogens is 1. The molecule has 1 aromatic heterocycles. The molecule has 14 heteroatoms. The van der Waals surface area contributed by atoms with Crippen LogP contribution in [0, 0.1) is 10.1 Å². The minimum absolute atomic E-state index is 0.0566. The summed E-state index contributed by atoms with van der Waals surface area (Å²) < 4.78 is 33.8. The summed E-state index contributed by atoms with van der Waals surface area (Å²) in [7, 11) is -2.33. The lowest BCUT2D eigenvalue weighted by molar-refractivity contribution is -0.384. The molecule has 1 aliphatic rings. The molecule has 1 saturated heterocycles. The molecule has 5 rings (SSSR count). The van der Waals surface area contributed by atoms with Crippen molar-refractivity contribution in [1.82, 2.24) is 15.2 Å². The molecular formula is C27H28N6O6S2. The van der Waals surface area contributed by atoms with Crippen molar-refractivity contribution in [3.63, 3.8) is 0 Å². The van der Waals surface area contributed by atoms with E-state index in [0.29, 0.717) is 24.4 Å². The summed E-state index contributed by atoms with van der Waals surface area (Å²) in [5.74, 6) is 0.255. The number of hydrogen-bond acceptors (Lipinski definition) is 10. The highest BCUT2D eigenvalue weighted by Gasteiger charge is 2.21. The van der Waals surface area contributed by atoms with Crippen molar-refractivity contribution in [2.24, 2.45) is 0 Å². The third-order valence-corrected chi connectivity index (χ3v) is 9.15. The van der Waals surface area contributed by atoms with Gasteiger partial charge in [-0.05, 0) is 48.5 Å². The molecule has 1 aliphatic heterocycles. The number of amides is 1. The molecule has 3 aromatic carbocycles. The molecule has 41 heavy (non-hydrogen) atoms. The van der Waals surface area contributed by atoms with Gasteiger partial charge < -0.3 is 15.0 Å². The fourth-order valence-electron chi connectivity index (χ4n) is 4.44. The molecule has 1 fully saturated rings. The number of ether oxygens (including phenoxy) is 1. The van der Waals surface area contributed by atoms with Gasteiger partial charge in [0.25, 0.3) is 21.6 Å². The first kappa shape index (κ1) is 28.3. The van der Waals surface area contributed by atoms with Crippen LogP contribution >= 0.6 is 11.3 Å². The van der Waals surface area contributed by atoms with Crippen LogP contribution < -0.4 is 19.7 Å². The van der Waals surface area contributed by atoms with Gasteiger partial charge >= 0.3 is 0 Å². The average Bonchev–Trinajstić information content (AvgIpc) is 3.41. The number of hydrogen-bond donors (Lipinski definition) is 2. The molecule has 0 atom stereocenters. The Morgan fingerprint density at radius 3 is 2.54 bits per heavy atom. The summed E-state index contributed by atoms with van der Waals surface area (Å²) >= 11 is 1.45. The van der Waals surface area contributed by atoms with E-state index in [0.717, 1.165) is 41.5 Å². The summed E-state index contributed by atoms with van der Waals surface area (Å²) in [5, 5.41) is 14.8. The molecule has 2 heterocycles. The Morgan fingerprint density at radius 1 is 1.07 bits per heavy atom. The van der Waals surface area contributed by atoms with Crippen molar-refractivity contribution in [1.29, 1.82) is 0 Å². The molecule has 0 saturated carbocycles. The van der Waals surface area contributed by atoms with E-state index >= 15 is 0 Å². The smallest absolute Gasteiger partial charge is 0.270 e. The lowest BCUT2D eigenvalue weighted by atomic mass is 10.2. The summed E-state index contributed by atoms with van der Waals surface area (Å²) in [6.45, 7) is 4.18. The predicted molar refractivity (Wildman–Crippen MR) is 158 cm³/mol. The number of sulfonamides is 1. The maximum Gasteiger partial charge on any atom is 0.270 e. The highest BCUT2D eigenvalue weighted by atomic mass is 32.2. The van der Waals surface area contributed by atoms with Gasteiger partial charge in [0, 0.05) is 62.7 Å². The second-order valence-electron chi connectivity index (χ2n) is 9.35. The normalized spacial score (nSPS) is 14.1. The van der Waals surface area contributed by atoms with Gasteiger partial charge in [-0.25, -0.2) is 13.4 Å². The lowest BCUT2D eigenvalue weighted by Crippen LogP contribution is -2.48. The second-order valence-corrected chi connectivity index (χ2v) is 12.0. The number of piperazine rings is 1. The molecule has 0 bridgehead atoms. The van der Waals surface area contributed by atoms with Crippen molar-refractivity contribution >= 4 is 54.0 Å². The Kier molecular flexibility index (Phi) is 8.33. The number of nitro groups is 1. The second kappa shape index (κ2) is 12.1. The number of nitrogens with zero attached hydrogens (tertiary/aromatic N) is 4. The van der Waals surface area contributed by atoms with Crippen molar-refractivity contribution in [2.75, 3.05) is 56.0 Å². The van der Waals surface area contributed by atoms with Crippen molar-refractivity contribution in [3.05, 3.63) is 82.4 Å². The Morgan fingerprint density at radius 2 is 1.83 bits per heavy atom. The summed E-state index contributed by atoms with van der Waals surface area (Å²) in [5.41, 5.74) is 1.44. The molecule has 0 radical (unpaired) electrons. The van der Waals surface area contributed by atoms with Crippen LogP contribution in [0.5, 0.6) is 5.75 Å². The Bertz CT molecular complexity index is 1670. The molecule has 12 nitrogen and oxygen atoms in total. The Labute approximate surface area is 240 Å². The number of nitro benzene ring substituents is 1. The lowest BCUT2D eigenvalue weighted by Gasteiger charge is -2.34. The highest BCUT2D eigenvalue weighted by Crippen LogP contribution is 2.31. The fourth-order valence-corrected chi connectivity index (χ4v) is 6.54. The molecule has 4 aromatic rings. The Hall–Kier alpha value is -4.27. The van der Waals surface area contributed by atoms with Crippen LogP contribution in [0.1, 0.15) is 10.4 Å². The average molecular weight is 597 g/mol. The number of benzene rings is 3. The SMILES string of the molecule is COc1ccc(S(=O)(=O)Nc2cccc(C(=O)NCCN3CCN(c4nc5ccc([N+](=O)[O-])cc5s4)CC3)c2)cc1. The first-order valence-electron chi connectivity index (χ1n) is 12.8. The van der Waals surface area contributed by atoms with Crippen LogP contribution in [0.3, 0.4) is 0 Å². The van der Waals surface area contributed by atoms with Crippen LogP contribution in [0.25, 0.3) is 10.2 Å². The predicted octanol–water partition coefficient (Wildman–Crippen LogP) is 3.57. The van der Waals surface area contributed by atoms with Crippen LogP contribution in [-0.2, 0) is 10.0 Å². The van der Waals surface area contributed by atoms with E-state index in [1.54, 1.807) is 42.5 Å². The third-order valence-electron chi connectivity index (χ3n) is 6.67. The molecule has 1 amide bonds. The highest BCUT2D eigenvalue weighted by molar-refractivity contribution is 7.92. The number of carbonyl (C=O) groups is 1. The van der Waals surface area contributed by atoms with Crippen LogP contribution in [0.15, 0.2) is 71.6 Å². The zero-order valence-corrected chi connectivity index (χ0v) is 23.8. The van der Waals surface area contributed by atoms with Crippen LogP contribution in [-0.4, -0.2) is 75.5 Å². The zero-order chi connectivity index (χ0) is 29.0. The van der Waals surface area contributed by atoms with Crippen molar-refractivity contribution in [2.45, 2.75) is 4.90 Å². The van der Waals surface area contributed by atoms with Gasteiger partial charge in [0.1, 0.15) is 5.75 Å². The number of non-ortho nitro benzene ring substituents is 1. The number of methoxy groups -OCH3 is 1. The molecule has 0 aliphatic carbocycles. The van der Waals surface area contributed by atoms with E-state index in [1.165, 1.54) is 42.7 Å². The molecule has 0 spiro atoms.